The first kappa shape index (κ1) is 25.5. The Morgan fingerprint density at radius 2 is 1.31 bits per heavy atom. The van der Waals surface area contributed by atoms with Gasteiger partial charge in [-0.05, 0) is 31.9 Å². The monoisotopic (exact) mass is 488 g/mol. The van der Waals surface area contributed by atoms with Crippen molar-refractivity contribution in [2.45, 2.75) is 19.8 Å². The highest BCUT2D eigenvalue weighted by atomic mass is 16.6. The Kier molecular flexibility index (Phi) is 9.14. The van der Waals surface area contributed by atoms with Crippen LogP contribution in [0.2, 0.25) is 0 Å². The molecule has 0 atom stereocenters. The van der Waals surface area contributed by atoms with E-state index in [1.54, 1.807) is 6.92 Å². The molecule has 36 heavy (non-hydrogen) atoms. The fourth-order valence-electron chi connectivity index (χ4n) is 4.04. The van der Waals surface area contributed by atoms with Crippen LogP contribution in [0.1, 0.15) is 18.1 Å². The molecule has 3 aromatic carbocycles. The Balaban J connectivity index is 1.35. The molecule has 0 aliphatic heterocycles. The van der Waals surface area contributed by atoms with E-state index in [4.69, 9.17) is 23.7 Å². The Labute approximate surface area is 212 Å². The van der Waals surface area contributed by atoms with Crippen LogP contribution in [0.4, 0.5) is 0 Å². The molecule has 0 saturated heterocycles. The normalized spacial score (nSPS) is 12.2. The minimum atomic E-state index is -0.406. The number of rotatable bonds is 13. The van der Waals surface area contributed by atoms with Crippen LogP contribution in [-0.4, -0.2) is 45.6 Å². The average molecular weight is 489 g/mol. The van der Waals surface area contributed by atoms with Crippen molar-refractivity contribution < 1.29 is 28.5 Å². The molecule has 0 amide bonds. The highest BCUT2D eigenvalue weighted by Gasteiger charge is 2.22. The van der Waals surface area contributed by atoms with Gasteiger partial charge in [-0.3, -0.25) is 0 Å². The van der Waals surface area contributed by atoms with Gasteiger partial charge in [-0.2, -0.15) is 0 Å². The Hall–Kier alpha value is -3.61. The standard InChI is InChI=1S/C30H32O6/c1-22(2)30(31)35-21-19-33-17-16-32-18-20-34-28-24-12-6-8-14-26(24)29(27-15-9-7-13-25(27)28)36-23-10-4-3-5-11-23/h3-12,14H,1,13,15-21H2,2H3. The predicted molar refractivity (Wildman–Crippen MR) is 140 cm³/mol. The summed E-state index contributed by atoms with van der Waals surface area (Å²) in [7, 11) is 0. The van der Waals surface area contributed by atoms with Gasteiger partial charge in [0.2, 0.25) is 0 Å². The zero-order valence-corrected chi connectivity index (χ0v) is 20.7. The van der Waals surface area contributed by atoms with Crippen molar-refractivity contribution in [3.63, 3.8) is 0 Å². The van der Waals surface area contributed by atoms with E-state index in [2.05, 4.69) is 30.9 Å². The van der Waals surface area contributed by atoms with E-state index >= 15 is 0 Å². The van der Waals surface area contributed by atoms with Crippen LogP contribution in [0.25, 0.3) is 10.8 Å². The summed E-state index contributed by atoms with van der Waals surface area (Å²) in [6, 6.07) is 18.1. The molecule has 6 heteroatoms. The number of hydrogen-bond acceptors (Lipinski definition) is 6. The molecule has 0 aromatic heterocycles. The number of carbonyl (C=O) groups excluding carboxylic acids is 1. The van der Waals surface area contributed by atoms with Crippen molar-refractivity contribution in [2.24, 2.45) is 0 Å². The van der Waals surface area contributed by atoms with E-state index in [0.717, 1.165) is 52.0 Å². The molecule has 0 bridgehead atoms. The van der Waals surface area contributed by atoms with Crippen molar-refractivity contribution in [3.05, 3.63) is 90.0 Å². The third kappa shape index (κ3) is 6.53. The van der Waals surface area contributed by atoms with Crippen molar-refractivity contribution in [1.29, 1.82) is 0 Å². The summed E-state index contributed by atoms with van der Waals surface area (Å²) in [5.74, 6) is 2.20. The third-order valence-corrected chi connectivity index (χ3v) is 5.76. The lowest BCUT2D eigenvalue weighted by Gasteiger charge is -2.23. The van der Waals surface area contributed by atoms with Crippen LogP contribution < -0.4 is 9.47 Å². The maximum atomic E-state index is 11.3. The van der Waals surface area contributed by atoms with Gasteiger partial charge in [0.1, 0.15) is 30.5 Å². The fraction of sp³-hybridized carbons (Fsp3) is 0.300. The summed E-state index contributed by atoms with van der Waals surface area (Å²) < 4.78 is 28.8. The van der Waals surface area contributed by atoms with Gasteiger partial charge in [0.15, 0.2) is 0 Å². The number of hydrogen-bond donors (Lipinski definition) is 0. The molecule has 0 N–H and O–H groups in total. The predicted octanol–water partition coefficient (Wildman–Crippen LogP) is 5.82. The van der Waals surface area contributed by atoms with E-state index in [-0.39, 0.29) is 6.61 Å². The molecule has 0 radical (unpaired) electrons. The number of allylic oxidation sites excluding steroid dienone is 2. The Morgan fingerprint density at radius 3 is 1.97 bits per heavy atom. The zero-order valence-electron chi connectivity index (χ0n) is 20.7. The maximum Gasteiger partial charge on any atom is 0.333 e. The van der Waals surface area contributed by atoms with Crippen LogP contribution in [0, 0.1) is 0 Å². The lowest BCUT2D eigenvalue weighted by atomic mass is 9.90. The smallest absolute Gasteiger partial charge is 0.333 e. The van der Waals surface area contributed by atoms with Gasteiger partial charge in [0.05, 0.1) is 26.4 Å². The molecule has 0 heterocycles. The summed E-state index contributed by atoms with van der Waals surface area (Å²) >= 11 is 0. The summed E-state index contributed by atoms with van der Waals surface area (Å²) in [6.07, 6.45) is 5.96. The molecule has 6 nitrogen and oxygen atoms in total. The molecule has 3 aromatic rings. The summed E-state index contributed by atoms with van der Waals surface area (Å²) in [5.41, 5.74) is 2.70. The minimum Gasteiger partial charge on any atom is -0.490 e. The first-order valence-electron chi connectivity index (χ1n) is 12.2. The van der Waals surface area contributed by atoms with Gasteiger partial charge in [0.25, 0.3) is 0 Å². The number of carbonyl (C=O) groups is 1. The fourth-order valence-corrected chi connectivity index (χ4v) is 4.04. The van der Waals surface area contributed by atoms with Crippen LogP contribution in [-0.2, 0) is 31.8 Å². The first-order valence-corrected chi connectivity index (χ1v) is 12.2. The number of esters is 1. The zero-order chi connectivity index (χ0) is 25.2. The number of fused-ring (bicyclic) bond motifs is 2. The first-order chi connectivity index (χ1) is 17.6. The van der Waals surface area contributed by atoms with Crippen LogP contribution >= 0.6 is 0 Å². The molecule has 1 aliphatic carbocycles. The van der Waals surface area contributed by atoms with Crippen LogP contribution in [0.3, 0.4) is 0 Å². The van der Waals surface area contributed by atoms with Crippen molar-refractivity contribution >= 4 is 16.7 Å². The minimum absolute atomic E-state index is 0.200. The van der Waals surface area contributed by atoms with Gasteiger partial charge in [-0.25, -0.2) is 4.79 Å². The second kappa shape index (κ2) is 12.9. The third-order valence-electron chi connectivity index (χ3n) is 5.76. The molecular formula is C30H32O6. The number of ether oxygens (including phenoxy) is 5. The lowest BCUT2D eigenvalue weighted by molar-refractivity contribution is -0.140. The molecule has 4 rings (SSSR count). The maximum absolute atomic E-state index is 11.3. The van der Waals surface area contributed by atoms with Gasteiger partial charge in [-0.15, -0.1) is 0 Å². The van der Waals surface area contributed by atoms with Crippen LogP contribution in [0.15, 0.2) is 78.9 Å². The summed E-state index contributed by atoms with van der Waals surface area (Å²) in [6.45, 7) is 7.39. The van der Waals surface area contributed by atoms with Crippen LogP contribution in [0.5, 0.6) is 17.2 Å². The van der Waals surface area contributed by atoms with Gasteiger partial charge in [-0.1, -0.05) is 61.2 Å². The van der Waals surface area contributed by atoms with Gasteiger partial charge in [0, 0.05) is 27.5 Å². The molecule has 0 saturated carbocycles. The highest BCUT2D eigenvalue weighted by molar-refractivity contribution is 5.96. The molecule has 1 aliphatic rings. The Morgan fingerprint density at radius 1 is 0.750 bits per heavy atom. The summed E-state index contributed by atoms with van der Waals surface area (Å²) in [5, 5.41) is 2.07. The van der Waals surface area contributed by atoms with E-state index in [9.17, 15) is 4.79 Å². The van der Waals surface area contributed by atoms with Gasteiger partial charge < -0.3 is 23.7 Å². The topological polar surface area (TPSA) is 63.2 Å². The number of para-hydroxylation sites is 1. The van der Waals surface area contributed by atoms with Crippen molar-refractivity contribution in [1.82, 2.24) is 0 Å². The van der Waals surface area contributed by atoms with E-state index < -0.39 is 5.97 Å². The second-order valence-electron chi connectivity index (χ2n) is 8.45. The molecule has 0 fully saturated rings. The molecular weight excluding hydrogens is 456 g/mol. The highest BCUT2D eigenvalue weighted by Crippen LogP contribution is 2.44. The second-order valence-corrected chi connectivity index (χ2v) is 8.45. The lowest BCUT2D eigenvalue weighted by Crippen LogP contribution is -2.15. The molecule has 188 valence electrons. The van der Waals surface area contributed by atoms with E-state index in [1.807, 2.05) is 42.5 Å². The quantitative estimate of drug-likeness (QED) is 0.131. The van der Waals surface area contributed by atoms with Gasteiger partial charge >= 0.3 is 5.97 Å². The Bertz CT molecular complexity index is 1220. The van der Waals surface area contributed by atoms with E-state index in [1.165, 1.54) is 0 Å². The largest absolute Gasteiger partial charge is 0.490 e. The molecule has 0 spiro atoms. The SMILES string of the molecule is C=C(C)C(=O)OCCOCCOCCOc1c2c(c(Oc3ccccc3)c3ccccc13)CC=CC2. The van der Waals surface area contributed by atoms with E-state index in [0.29, 0.717) is 38.6 Å². The average Bonchev–Trinajstić information content (AvgIpc) is 2.91. The summed E-state index contributed by atoms with van der Waals surface area (Å²) in [4.78, 5) is 11.3. The molecule has 0 unspecified atom stereocenters. The van der Waals surface area contributed by atoms with Crippen molar-refractivity contribution in [3.8, 4) is 17.2 Å². The van der Waals surface area contributed by atoms with Crippen molar-refractivity contribution in [2.75, 3.05) is 39.6 Å². The number of benzene rings is 3.